The normalized spacial score (nSPS) is 11.3. The average molecular weight is 373 g/mol. The summed E-state index contributed by atoms with van der Waals surface area (Å²) in [6.07, 6.45) is 0. The molecule has 7 nitrogen and oxygen atoms in total. The molecule has 3 aromatic heterocycles. The Morgan fingerprint density at radius 2 is 1.89 bits per heavy atom. The molecule has 3 N–H and O–H groups in total. The lowest BCUT2D eigenvalue weighted by molar-refractivity contribution is 0.775. The Morgan fingerprint density at radius 3 is 2.75 bits per heavy atom. The second kappa shape index (κ2) is 6.79. The van der Waals surface area contributed by atoms with E-state index in [0.29, 0.717) is 12.5 Å². The van der Waals surface area contributed by atoms with Gasteiger partial charge in [-0.25, -0.2) is 9.50 Å². The van der Waals surface area contributed by atoms with Gasteiger partial charge in [0.2, 0.25) is 5.95 Å². The molecule has 0 aliphatic carbocycles. The van der Waals surface area contributed by atoms with E-state index in [9.17, 15) is 0 Å². The fourth-order valence-corrected chi connectivity index (χ4v) is 3.30. The van der Waals surface area contributed by atoms with Crippen LogP contribution in [0.1, 0.15) is 8.68 Å². The lowest BCUT2D eigenvalue weighted by Crippen LogP contribution is -2.06. The third-order valence-electron chi connectivity index (χ3n) is 4.56. The molecule has 142 valence electrons. The number of hydrogen-bond acceptors (Lipinski definition) is 5. The van der Waals surface area contributed by atoms with Gasteiger partial charge in [0, 0.05) is 14.1 Å². The quantitative estimate of drug-likeness (QED) is 0.429. The summed E-state index contributed by atoms with van der Waals surface area (Å²) in [7, 11) is 1.91. The summed E-state index contributed by atoms with van der Waals surface area (Å²) in [5, 5.41) is 11.0. The number of para-hydroxylation sites is 1. The topological polar surface area (TPSA) is 82.9 Å². The van der Waals surface area contributed by atoms with Crippen LogP contribution in [0.5, 0.6) is 0 Å². The average Bonchev–Trinajstić information content (AvgIpc) is 3.31. The number of benzene rings is 2. The maximum absolute atomic E-state index is 4.66. The molecule has 0 saturated heterocycles. The molecular formula is C21H23N7. The molecule has 0 atom stereocenters. The molecule has 0 saturated carbocycles. The van der Waals surface area contributed by atoms with Gasteiger partial charge < -0.3 is 15.6 Å². The van der Waals surface area contributed by atoms with Crippen LogP contribution < -0.4 is 10.6 Å². The second-order valence-electron chi connectivity index (χ2n) is 6.55. The summed E-state index contributed by atoms with van der Waals surface area (Å²) in [4.78, 5) is 12.5. The molecule has 0 aliphatic heterocycles. The van der Waals surface area contributed by atoms with Gasteiger partial charge in [-0.2, -0.15) is 4.98 Å². The Balaban J connectivity index is 0.00000128. The molecule has 0 bridgehead atoms. The summed E-state index contributed by atoms with van der Waals surface area (Å²) in [6.45, 7) is 0.706. The minimum absolute atomic E-state index is 0. The van der Waals surface area contributed by atoms with E-state index in [2.05, 4.69) is 42.8 Å². The van der Waals surface area contributed by atoms with E-state index >= 15 is 0 Å². The Bertz CT molecular complexity index is 1260. The Labute approximate surface area is 164 Å². The Morgan fingerprint density at radius 1 is 1.00 bits per heavy atom. The maximum Gasteiger partial charge on any atom is 0.247 e. The van der Waals surface area contributed by atoms with Crippen molar-refractivity contribution in [3.8, 4) is 11.3 Å². The van der Waals surface area contributed by atoms with Crippen molar-refractivity contribution < 1.29 is 2.85 Å². The van der Waals surface area contributed by atoms with Gasteiger partial charge in [0.25, 0.3) is 0 Å². The van der Waals surface area contributed by atoms with Crippen LogP contribution in [0.4, 0.5) is 11.6 Å². The number of nitrogens with one attached hydrogen (secondary N) is 3. The molecule has 7 heteroatoms. The molecule has 0 fully saturated rings. The molecule has 28 heavy (non-hydrogen) atoms. The van der Waals surface area contributed by atoms with Gasteiger partial charge in [-0.15, -0.1) is 5.10 Å². The van der Waals surface area contributed by atoms with E-state index in [-0.39, 0.29) is 2.85 Å². The first-order chi connectivity index (χ1) is 13.8. The zero-order chi connectivity index (χ0) is 18.9. The van der Waals surface area contributed by atoms with Crippen LogP contribution in [-0.2, 0) is 6.54 Å². The van der Waals surface area contributed by atoms with Gasteiger partial charge in [-0.05, 0) is 43.4 Å². The van der Waals surface area contributed by atoms with Crippen molar-refractivity contribution in [3.05, 3.63) is 72.6 Å². The van der Waals surface area contributed by atoms with Crippen LogP contribution in [0.2, 0.25) is 0 Å². The number of aromatic amines is 1. The highest BCUT2D eigenvalue weighted by molar-refractivity contribution is 5.81. The largest absolute Gasteiger partial charge is 0.341 e. The number of pyridine rings is 1. The standard InChI is InChI=1S/C21H19N7.2H2/c1-22-13-19-24-16-11-10-14(12-17(16)25-19)18-8-5-9-20-26-21(27-28(18)20)23-15-6-3-2-4-7-15;;/h2-12,22H,13H2,1H3,(H,23,27)(H,24,25);2*1H. The third-order valence-corrected chi connectivity index (χ3v) is 4.56. The fourth-order valence-electron chi connectivity index (χ4n) is 3.30. The predicted octanol–water partition coefficient (Wildman–Crippen LogP) is 4.23. The van der Waals surface area contributed by atoms with E-state index < -0.39 is 0 Å². The van der Waals surface area contributed by atoms with E-state index in [1.165, 1.54) is 0 Å². The number of H-pyrrole nitrogens is 1. The number of rotatable bonds is 5. The SMILES string of the molecule is CNCc1nc2ccc(-c3cccc4nc(Nc5ccccc5)nn34)cc2[nH]1.[HH].[HH]. The zero-order valence-electron chi connectivity index (χ0n) is 15.3. The predicted molar refractivity (Wildman–Crippen MR) is 115 cm³/mol. The highest BCUT2D eigenvalue weighted by Crippen LogP contribution is 2.25. The minimum atomic E-state index is 0. The molecule has 0 aliphatic rings. The molecular weight excluding hydrogens is 350 g/mol. The first-order valence-corrected chi connectivity index (χ1v) is 9.12. The molecule has 0 amide bonds. The number of nitrogens with zero attached hydrogens (tertiary/aromatic N) is 4. The van der Waals surface area contributed by atoms with Gasteiger partial charge >= 0.3 is 0 Å². The number of imidazole rings is 1. The monoisotopic (exact) mass is 373 g/mol. The van der Waals surface area contributed by atoms with Crippen LogP contribution in [0.15, 0.2) is 66.7 Å². The summed E-state index contributed by atoms with van der Waals surface area (Å²) >= 11 is 0. The summed E-state index contributed by atoms with van der Waals surface area (Å²) in [5.74, 6) is 1.49. The van der Waals surface area contributed by atoms with Crippen LogP contribution in [0, 0.1) is 0 Å². The van der Waals surface area contributed by atoms with Gasteiger partial charge in [0.15, 0.2) is 5.65 Å². The van der Waals surface area contributed by atoms with Crippen molar-refractivity contribution in [1.29, 1.82) is 0 Å². The number of anilines is 2. The lowest BCUT2D eigenvalue weighted by atomic mass is 10.1. The number of fused-ring (bicyclic) bond motifs is 2. The lowest BCUT2D eigenvalue weighted by Gasteiger charge is -2.04. The van der Waals surface area contributed by atoms with Crippen molar-refractivity contribution >= 4 is 28.3 Å². The minimum Gasteiger partial charge on any atom is -0.341 e. The van der Waals surface area contributed by atoms with Crippen LogP contribution in [0.25, 0.3) is 27.9 Å². The van der Waals surface area contributed by atoms with E-state index in [0.717, 1.165) is 39.4 Å². The van der Waals surface area contributed by atoms with Gasteiger partial charge in [-0.1, -0.05) is 30.3 Å². The van der Waals surface area contributed by atoms with Crippen molar-refractivity contribution in [1.82, 2.24) is 29.9 Å². The Hall–Kier alpha value is -3.71. The zero-order valence-corrected chi connectivity index (χ0v) is 15.3. The second-order valence-corrected chi connectivity index (χ2v) is 6.55. The van der Waals surface area contributed by atoms with Crippen LogP contribution >= 0.6 is 0 Å². The van der Waals surface area contributed by atoms with Crippen molar-refractivity contribution in [3.63, 3.8) is 0 Å². The van der Waals surface area contributed by atoms with Gasteiger partial charge in [0.1, 0.15) is 5.82 Å². The van der Waals surface area contributed by atoms with Crippen molar-refractivity contribution in [2.75, 3.05) is 12.4 Å². The fraction of sp³-hybridized carbons (Fsp3) is 0.0952. The third kappa shape index (κ3) is 2.97. The molecule has 5 aromatic rings. The van der Waals surface area contributed by atoms with Crippen LogP contribution in [-0.4, -0.2) is 31.6 Å². The number of hydrogen-bond donors (Lipinski definition) is 3. The van der Waals surface area contributed by atoms with Crippen molar-refractivity contribution in [2.24, 2.45) is 0 Å². The van der Waals surface area contributed by atoms with Gasteiger partial charge in [-0.3, -0.25) is 0 Å². The molecule has 0 radical (unpaired) electrons. The smallest absolute Gasteiger partial charge is 0.247 e. The Kier molecular flexibility index (Phi) is 3.99. The van der Waals surface area contributed by atoms with E-state index in [1.54, 1.807) is 0 Å². The van der Waals surface area contributed by atoms with Crippen LogP contribution in [0.3, 0.4) is 0 Å². The summed E-state index contributed by atoms with van der Waals surface area (Å²) in [6, 6.07) is 22.1. The highest BCUT2D eigenvalue weighted by atomic mass is 15.4. The molecule has 3 heterocycles. The summed E-state index contributed by atoms with van der Waals surface area (Å²) < 4.78 is 1.86. The van der Waals surface area contributed by atoms with Crippen molar-refractivity contribution in [2.45, 2.75) is 6.54 Å². The first-order valence-electron chi connectivity index (χ1n) is 9.12. The first kappa shape index (κ1) is 16.5. The van der Waals surface area contributed by atoms with E-state index in [1.807, 2.05) is 66.2 Å². The molecule has 0 spiro atoms. The highest BCUT2D eigenvalue weighted by Gasteiger charge is 2.11. The molecule has 0 unspecified atom stereocenters. The van der Waals surface area contributed by atoms with Gasteiger partial charge in [0.05, 0.1) is 23.3 Å². The molecule has 2 aromatic carbocycles. The van der Waals surface area contributed by atoms with E-state index in [4.69, 9.17) is 0 Å². The maximum atomic E-state index is 4.66. The summed E-state index contributed by atoms with van der Waals surface area (Å²) in [5.41, 5.74) is 5.72. The number of aromatic nitrogens is 5. The molecule has 5 rings (SSSR count).